The number of aromatic nitrogens is 4. The summed E-state index contributed by atoms with van der Waals surface area (Å²) >= 11 is 0. The molecule has 12 heteroatoms. The summed E-state index contributed by atoms with van der Waals surface area (Å²) in [5.74, 6) is -0.795. The Morgan fingerprint density at radius 1 is 1.29 bits per heavy atom. The number of nitrogen functional groups attached to an aromatic ring is 1. The molecule has 0 spiro atoms. The van der Waals surface area contributed by atoms with Gasteiger partial charge in [-0.2, -0.15) is 4.98 Å². The van der Waals surface area contributed by atoms with Gasteiger partial charge >= 0.3 is 5.97 Å². The zero-order valence-electron chi connectivity index (χ0n) is 16.3. The second kappa shape index (κ2) is 8.43. The molecule has 0 bridgehead atoms. The number of benzene rings is 1. The number of aliphatic hydroxyl groups excluding tert-OH is 2. The number of anilines is 1. The van der Waals surface area contributed by atoms with E-state index in [4.69, 9.17) is 20.9 Å². The van der Waals surface area contributed by atoms with Crippen LogP contribution in [0.3, 0.4) is 0 Å². The number of carbonyl (C=O) groups is 1. The summed E-state index contributed by atoms with van der Waals surface area (Å²) in [6.07, 6.45) is -3.35. The first-order chi connectivity index (χ1) is 14.8. The highest BCUT2D eigenvalue weighted by molar-refractivity contribution is 5.76. The highest BCUT2D eigenvalue weighted by atomic mass is 16.6. The van der Waals surface area contributed by atoms with Gasteiger partial charge in [0.2, 0.25) is 5.95 Å². The number of nitrogens with two attached hydrogens (primary N) is 2. The Labute approximate surface area is 175 Å². The van der Waals surface area contributed by atoms with Gasteiger partial charge in [-0.1, -0.05) is 30.3 Å². The minimum absolute atomic E-state index is 0.00116. The Bertz CT molecular complexity index is 1130. The Kier molecular flexibility index (Phi) is 5.69. The fraction of sp³-hybridized carbons (Fsp3) is 0.368. The quantitative estimate of drug-likeness (QED) is 0.286. The molecule has 4 rings (SSSR count). The lowest BCUT2D eigenvalue weighted by atomic mass is 10.1. The summed E-state index contributed by atoms with van der Waals surface area (Å²) in [6.45, 7) is -0.321. The molecule has 2 aromatic heterocycles. The molecular formula is C19H22N6O6. The van der Waals surface area contributed by atoms with E-state index in [9.17, 15) is 19.8 Å². The molecule has 3 aromatic rings. The van der Waals surface area contributed by atoms with Crippen LogP contribution in [-0.4, -0.2) is 66.7 Å². The van der Waals surface area contributed by atoms with Gasteiger partial charge in [-0.15, -0.1) is 0 Å². The molecule has 0 unspecified atom stereocenters. The maximum absolute atomic E-state index is 12.2. The van der Waals surface area contributed by atoms with E-state index in [-0.39, 0.29) is 23.7 Å². The standard InChI is InChI=1S/C19H22N6O6/c20-10(6-9-4-2-1-3-5-9)18(29)30-7-11-13(26)14(27)17(31-11)25-8-22-12-15(25)23-19(21)24-16(12)28/h1-5,8,10-11,13-14,17,26-27H,6-7,20H2,(H3,21,23,24,28)/t10-,11+,13+,14+,17+/m0/s1. The third kappa shape index (κ3) is 4.14. The van der Waals surface area contributed by atoms with E-state index in [1.165, 1.54) is 10.9 Å². The van der Waals surface area contributed by atoms with Crippen LogP contribution >= 0.6 is 0 Å². The van der Waals surface area contributed by atoms with Gasteiger partial charge in [0.15, 0.2) is 17.4 Å². The Morgan fingerprint density at radius 3 is 2.77 bits per heavy atom. The number of hydrogen-bond acceptors (Lipinski definition) is 10. The maximum atomic E-state index is 12.2. The topological polar surface area (TPSA) is 192 Å². The molecule has 3 heterocycles. The van der Waals surface area contributed by atoms with Gasteiger partial charge in [0.05, 0.1) is 6.33 Å². The van der Waals surface area contributed by atoms with Crippen molar-refractivity contribution in [2.24, 2.45) is 5.73 Å². The highest BCUT2D eigenvalue weighted by Gasteiger charge is 2.45. The van der Waals surface area contributed by atoms with Crippen LogP contribution in [0.1, 0.15) is 11.8 Å². The number of nitrogens with zero attached hydrogens (tertiary/aromatic N) is 3. The van der Waals surface area contributed by atoms with E-state index in [2.05, 4.69) is 15.0 Å². The Balaban J connectivity index is 1.42. The largest absolute Gasteiger partial charge is 0.462 e. The van der Waals surface area contributed by atoms with Crippen LogP contribution < -0.4 is 17.0 Å². The first-order valence-electron chi connectivity index (χ1n) is 9.55. The Morgan fingerprint density at radius 2 is 2.03 bits per heavy atom. The number of rotatable bonds is 6. The molecule has 0 amide bonds. The molecule has 1 saturated heterocycles. The van der Waals surface area contributed by atoms with Crippen molar-refractivity contribution in [3.8, 4) is 0 Å². The molecule has 1 fully saturated rings. The number of fused-ring (bicyclic) bond motifs is 1. The lowest BCUT2D eigenvalue weighted by Crippen LogP contribution is -2.38. The second-order valence-electron chi connectivity index (χ2n) is 7.25. The van der Waals surface area contributed by atoms with Gasteiger partial charge in [0.1, 0.15) is 31.0 Å². The molecule has 1 aliphatic heterocycles. The molecule has 0 radical (unpaired) electrons. The first kappa shape index (κ1) is 20.9. The predicted octanol–water partition coefficient (Wildman–Crippen LogP) is -1.57. The second-order valence-corrected chi connectivity index (χ2v) is 7.25. The van der Waals surface area contributed by atoms with E-state index in [1.54, 1.807) is 0 Å². The number of nitrogens with one attached hydrogen (secondary N) is 1. The van der Waals surface area contributed by atoms with Crippen LogP contribution in [0.25, 0.3) is 11.2 Å². The molecule has 1 aromatic carbocycles. The monoisotopic (exact) mass is 430 g/mol. The Hall–Kier alpha value is -3.32. The summed E-state index contributed by atoms with van der Waals surface area (Å²) in [7, 11) is 0. The molecule has 164 valence electrons. The van der Waals surface area contributed by atoms with Gasteiger partial charge in [-0.3, -0.25) is 19.1 Å². The minimum atomic E-state index is -1.39. The zero-order valence-corrected chi connectivity index (χ0v) is 16.3. The van der Waals surface area contributed by atoms with Crippen molar-refractivity contribution in [3.63, 3.8) is 0 Å². The van der Waals surface area contributed by atoms with Crippen molar-refractivity contribution in [1.82, 2.24) is 19.5 Å². The number of ether oxygens (including phenoxy) is 2. The zero-order chi connectivity index (χ0) is 22.1. The molecule has 31 heavy (non-hydrogen) atoms. The van der Waals surface area contributed by atoms with Crippen LogP contribution in [0.4, 0.5) is 5.95 Å². The summed E-state index contributed by atoms with van der Waals surface area (Å²) in [6, 6.07) is 8.34. The number of H-pyrrole nitrogens is 1. The average molecular weight is 430 g/mol. The molecule has 7 N–H and O–H groups in total. The third-order valence-electron chi connectivity index (χ3n) is 5.05. The van der Waals surface area contributed by atoms with E-state index in [0.717, 1.165) is 5.56 Å². The third-order valence-corrected chi connectivity index (χ3v) is 5.05. The predicted molar refractivity (Wildman–Crippen MR) is 108 cm³/mol. The van der Waals surface area contributed by atoms with E-state index in [1.807, 2.05) is 30.3 Å². The summed E-state index contributed by atoms with van der Waals surface area (Å²) in [4.78, 5) is 34.4. The van der Waals surface area contributed by atoms with E-state index >= 15 is 0 Å². The van der Waals surface area contributed by atoms with Gasteiger partial charge in [-0.05, 0) is 12.0 Å². The number of carbonyl (C=O) groups excluding carboxylic acids is 1. The van der Waals surface area contributed by atoms with Crippen molar-refractivity contribution < 1.29 is 24.5 Å². The molecule has 12 nitrogen and oxygen atoms in total. The van der Waals surface area contributed by atoms with Gasteiger partial charge in [-0.25, -0.2) is 4.98 Å². The van der Waals surface area contributed by atoms with Crippen molar-refractivity contribution in [2.75, 3.05) is 12.3 Å². The molecule has 1 aliphatic rings. The van der Waals surface area contributed by atoms with E-state index in [0.29, 0.717) is 6.42 Å². The molecular weight excluding hydrogens is 408 g/mol. The number of aliphatic hydroxyl groups is 2. The van der Waals surface area contributed by atoms with Gasteiger partial charge in [0.25, 0.3) is 5.56 Å². The number of imidazole rings is 1. The fourth-order valence-electron chi connectivity index (χ4n) is 3.45. The van der Waals surface area contributed by atoms with Crippen molar-refractivity contribution in [1.29, 1.82) is 0 Å². The van der Waals surface area contributed by atoms with Crippen LogP contribution in [0.5, 0.6) is 0 Å². The number of aromatic amines is 1. The lowest BCUT2D eigenvalue weighted by molar-refractivity contribution is -0.151. The molecule has 0 aliphatic carbocycles. The minimum Gasteiger partial charge on any atom is -0.462 e. The van der Waals surface area contributed by atoms with Crippen LogP contribution in [0.2, 0.25) is 0 Å². The van der Waals surface area contributed by atoms with Crippen LogP contribution in [-0.2, 0) is 20.7 Å². The lowest BCUT2D eigenvalue weighted by Gasteiger charge is -2.17. The maximum Gasteiger partial charge on any atom is 0.323 e. The normalized spacial score (nSPS) is 24.4. The number of esters is 1. The highest BCUT2D eigenvalue weighted by Crippen LogP contribution is 2.31. The van der Waals surface area contributed by atoms with Crippen molar-refractivity contribution >= 4 is 23.1 Å². The SMILES string of the molecule is Nc1nc2c(ncn2[C@@H]2O[C@H](COC(=O)[C@@H](N)Cc3ccccc3)[C@@H](O)[C@H]2O)c(=O)[nH]1. The first-order valence-corrected chi connectivity index (χ1v) is 9.55. The van der Waals surface area contributed by atoms with Gasteiger partial charge in [0, 0.05) is 0 Å². The van der Waals surface area contributed by atoms with E-state index < -0.39 is 42.1 Å². The smallest absolute Gasteiger partial charge is 0.323 e. The molecule has 5 atom stereocenters. The summed E-state index contributed by atoms with van der Waals surface area (Å²) < 4.78 is 12.2. The van der Waals surface area contributed by atoms with Crippen molar-refractivity contribution in [2.45, 2.75) is 37.0 Å². The number of hydrogen-bond donors (Lipinski definition) is 5. The van der Waals surface area contributed by atoms with Crippen LogP contribution in [0, 0.1) is 0 Å². The molecule has 0 saturated carbocycles. The average Bonchev–Trinajstić information content (AvgIpc) is 3.28. The summed E-state index contributed by atoms with van der Waals surface area (Å²) in [5.41, 5.74) is 11.9. The fourth-order valence-corrected chi connectivity index (χ4v) is 3.45. The summed E-state index contributed by atoms with van der Waals surface area (Å²) in [5, 5.41) is 20.8. The van der Waals surface area contributed by atoms with Crippen molar-refractivity contribution in [3.05, 3.63) is 52.6 Å². The van der Waals surface area contributed by atoms with Gasteiger partial charge < -0.3 is 31.2 Å². The van der Waals surface area contributed by atoms with Crippen LogP contribution in [0.15, 0.2) is 41.5 Å².